The number of halogens is 1. The zero-order valence-electron chi connectivity index (χ0n) is 11.1. The monoisotopic (exact) mass is 343 g/mol. The number of benzene rings is 1. The van der Waals surface area contributed by atoms with Gasteiger partial charge in [-0.2, -0.15) is 0 Å². The molecule has 104 valence electrons. The van der Waals surface area contributed by atoms with Gasteiger partial charge in [-0.1, -0.05) is 33.6 Å². The van der Waals surface area contributed by atoms with Crippen LogP contribution in [0.5, 0.6) is 0 Å². The quantitative estimate of drug-likeness (QED) is 0.746. The number of aliphatic imine (C=N–C) groups is 1. The summed E-state index contributed by atoms with van der Waals surface area (Å²) in [6.07, 6.45) is 2.79. The summed E-state index contributed by atoms with van der Waals surface area (Å²) < 4.78 is 0. The van der Waals surface area contributed by atoms with Gasteiger partial charge in [0, 0.05) is 12.4 Å². The molecule has 1 aliphatic carbocycles. The maximum atomic E-state index is 12.4. The lowest BCUT2D eigenvalue weighted by Crippen LogP contribution is -2.39. The van der Waals surface area contributed by atoms with Crippen LogP contribution in [0.3, 0.4) is 0 Å². The molecule has 21 heavy (non-hydrogen) atoms. The summed E-state index contributed by atoms with van der Waals surface area (Å²) in [6, 6.07) is 7.38. The molecule has 6 heteroatoms. The first-order valence-corrected chi connectivity index (χ1v) is 7.19. The van der Waals surface area contributed by atoms with Crippen molar-refractivity contribution in [2.24, 2.45) is 4.99 Å². The zero-order chi connectivity index (χ0) is 15.0. The molecular weight excluding hydrogens is 334 g/mol. The van der Waals surface area contributed by atoms with E-state index in [9.17, 15) is 9.59 Å². The molecule has 1 unspecified atom stereocenters. The average molecular weight is 344 g/mol. The Balaban J connectivity index is 2.10. The van der Waals surface area contributed by atoms with E-state index in [1.807, 2.05) is 19.1 Å². The lowest BCUT2D eigenvalue weighted by atomic mass is 9.95. The second-order valence-corrected chi connectivity index (χ2v) is 5.56. The van der Waals surface area contributed by atoms with Crippen LogP contribution in [0.25, 0.3) is 0 Å². The molecule has 2 aromatic rings. The Morgan fingerprint density at radius 2 is 1.67 bits per heavy atom. The molecule has 0 saturated heterocycles. The molecular formula is C15H10BrN3O2. The Bertz CT molecular complexity index is 769. The van der Waals surface area contributed by atoms with Gasteiger partial charge in [0.2, 0.25) is 11.6 Å². The van der Waals surface area contributed by atoms with E-state index in [0.717, 1.165) is 5.56 Å². The topological polar surface area (TPSA) is 72.3 Å². The van der Waals surface area contributed by atoms with Crippen molar-refractivity contribution in [2.75, 3.05) is 0 Å². The fraction of sp³-hybridized carbons (Fsp3) is 0.133. The van der Waals surface area contributed by atoms with Crippen LogP contribution in [0.2, 0.25) is 0 Å². The second kappa shape index (κ2) is 5.29. The van der Waals surface area contributed by atoms with Crippen LogP contribution >= 0.6 is 15.9 Å². The van der Waals surface area contributed by atoms with E-state index in [1.54, 1.807) is 12.1 Å². The normalized spacial score (nSPS) is 19.7. The summed E-state index contributed by atoms with van der Waals surface area (Å²) in [5.74, 6) is -0.677. The predicted octanol–water partition coefficient (Wildman–Crippen LogP) is 2.70. The first-order chi connectivity index (χ1) is 10.1. The number of rotatable bonds is 1. The minimum atomic E-state index is -0.796. The van der Waals surface area contributed by atoms with Gasteiger partial charge in [0.1, 0.15) is 21.9 Å². The van der Waals surface area contributed by atoms with Crippen LogP contribution < -0.4 is 0 Å². The minimum absolute atomic E-state index is 0.0593. The Morgan fingerprint density at radius 3 is 2.33 bits per heavy atom. The molecule has 3 rings (SSSR count). The minimum Gasteiger partial charge on any atom is -0.291 e. The number of hydrogen-bond donors (Lipinski definition) is 0. The van der Waals surface area contributed by atoms with Gasteiger partial charge in [-0.15, -0.1) is 0 Å². The number of ketones is 2. The number of Topliss-reactive ketones (excluding diaryl/α,β-unsaturated/α-hetero) is 2. The number of hydrogen-bond acceptors (Lipinski definition) is 5. The summed E-state index contributed by atoms with van der Waals surface area (Å²) in [5.41, 5.74) is 2.00. The number of carbonyl (C=O) groups is 2. The van der Waals surface area contributed by atoms with Gasteiger partial charge >= 0.3 is 0 Å². The van der Waals surface area contributed by atoms with E-state index in [4.69, 9.17) is 0 Å². The van der Waals surface area contributed by atoms with E-state index in [0.29, 0.717) is 5.69 Å². The van der Waals surface area contributed by atoms with Crippen molar-refractivity contribution in [3.05, 3.63) is 53.6 Å². The van der Waals surface area contributed by atoms with E-state index in [2.05, 4.69) is 30.9 Å². The number of alkyl halides is 1. The van der Waals surface area contributed by atoms with Crippen molar-refractivity contribution in [2.45, 2.75) is 11.8 Å². The van der Waals surface area contributed by atoms with Crippen LogP contribution in [0.4, 0.5) is 5.69 Å². The Labute approximate surface area is 129 Å². The molecule has 1 aliphatic rings. The van der Waals surface area contributed by atoms with E-state index in [1.165, 1.54) is 12.4 Å². The standard InChI is InChI=1S/C15H10BrN3O2/c1-8-2-4-9(5-3-8)19-11-10(16)14(20)12-13(15(11)21)18-7-6-17-12/h2-7,10H,1H3. The maximum absolute atomic E-state index is 12.4. The summed E-state index contributed by atoms with van der Waals surface area (Å²) in [5, 5.41) is 0. The van der Waals surface area contributed by atoms with Gasteiger partial charge < -0.3 is 0 Å². The largest absolute Gasteiger partial charge is 0.291 e. The van der Waals surface area contributed by atoms with Crippen LogP contribution in [0, 0.1) is 6.92 Å². The van der Waals surface area contributed by atoms with Gasteiger partial charge in [-0.3, -0.25) is 9.59 Å². The fourth-order valence-corrected chi connectivity index (χ4v) is 2.56. The fourth-order valence-electron chi connectivity index (χ4n) is 2.03. The van der Waals surface area contributed by atoms with E-state index < -0.39 is 4.83 Å². The average Bonchev–Trinajstić information content (AvgIpc) is 2.51. The van der Waals surface area contributed by atoms with Crippen LogP contribution in [0.15, 0.2) is 41.7 Å². The Kier molecular flexibility index (Phi) is 3.47. The first kappa shape index (κ1) is 13.8. The molecule has 0 amide bonds. The van der Waals surface area contributed by atoms with Gasteiger partial charge in [-0.05, 0) is 19.1 Å². The van der Waals surface area contributed by atoms with Crippen molar-refractivity contribution in [3.63, 3.8) is 0 Å². The summed E-state index contributed by atoms with van der Waals surface area (Å²) >= 11 is 3.23. The van der Waals surface area contributed by atoms with Crippen LogP contribution in [-0.2, 0) is 0 Å². The van der Waals surface area contributed by atoms with Gasteiger partial charge in [0.25, 0.3) is 0 Å². The van der Waals surface area contributed by atoms with Crippen molar-refractivity contribution in [1.82, 2.24) is 9.97 Å². The summed E-state index contributed by atoms with van der Waals surface area (Å²) in [7, 11) is 0. The van der Waals surface area contributed by atoms with Crippen LogP contribution in [0.1, 0.15) is 26.5 Å². The number of aromatic nitrogens is 2. The lowest BCUT2D eigenvalue weighted by Gasteiger charge is -2.18. The zero-order valence-corrected chi connectivity index (χ0v) is 12.7. The lowest BCUT2D eigenvalue weighted by molar-refractivity contribution is 0.0963. The van der Waals surface area contributed by atoms with Gasteiger partial charge in [0.05, 0.1) is 5.69 Å². The van der Waals surface area contributed by atoms with Crippen molar-refractivity contribution in [1.29, 1.82) is 0 Å². The molecule has 0 fully saturated rings. The molecule has 5 nitrogen and oxygen atoms in total. The number of carbonyl (C=O) groups excluding carboxylic acids is 2. The highest BCUT2D eigenvalue weighted by Crippen LogP contribution is 2.24. The molecule has 0 bridgehead atoms. The number of nitrogens with zero attached hydrogens (tertiary/aromatic N) is 3. The van der Waals surface area contributed by atoms with Gasteiger partial charge in [-0.25, -0.2) is 15.0 Å². The third kappa shape index (κ3) is 2.42. The van der Waals surface area contributed by atoms with Crippen molar-refractivity contribution >= 4 is 38.9 Å². The Morgan fingerprint density at radius 1 is 1.05 bits per heavy atom. The highest BCUT2D eigenvalue weighted by atomic mass is 79.9. The highest BCUT2D eigenvalue weighted by Gasteiger charge is 2.39. The molecule has 0 aliphatic heterocycles. The van der Waals surface area contributed by atoms with Crippen molar-refractivity contribution < 1.29 is 9.59 Å². The Hall–Kier alpha value is -2.21. The maximum Gasteiger partial charge on any atom is 0.229 e. The SMILES string of the molecule is Cc1ccc(N=C2C(=O)c3nccnc3C(=O)C2Br)cc1. The third-order valence-corrected chi connectivity index (χ3v) is 3.98. The van der Waals surface area contributed by atoms with Crippen molar-refractivity contribution in [3.8, 4) is 0 Å². The second-order valence-electron chi connectivity index (χ2n) is 4.64. The predicted molar refractivity (Wildman–Crippen MR) is 81.7 cm³/mol. The number of fused-ring (bicyclic) bond motifs is 1. The molecule has 0 spiro atoms. The molecule has 0 saturated carbocycles. The van der Waals surface area contributed by atoms with E-state index >= 15 is 0 Å². The molecule has 0 radical (unpaired) electrons. The molecule has 1 aromatic carbocycles. The molecule has 0 N–H and O–H groups in total. The summed E-state index contributed by atoms with van der Waals surface area (Å²) in [4.78, 5) is 36.1. The first-order valence-electron chi connectivity index (χ1n) is 6.27. The van der Waals surface area contributed by atoms with E-state index in [-0.39, 0.29) is 28.7 Å². The summed E-state index contributed by atoms with van der Waals surface area (Å²) in [6.45, 7) is 1.96. The van der Waals surface area contributed by atoms with Crippen LogP contribution in [-0.4, -0.2) is 32.1 Å². The molecule has 1 heterocycles. The van der Waals surface area contributed by atoms with Gasteiger partial charge in [0.15, 0.2) is 0 Å². The highest BCUT2D eigenvalue weighted by molar-refractivity contribution is 9.10. The smallest absolute Gasteiger partial charge is 0.229 e. The number of aryl methyl sites for hydroxylation is 1. The third-order valence-electron chi connectivity index (χ3n) is 3.13. The molecule has 1 aromatic heterocycles. The molecule has 1 atom stereocenters.